The van der Waals surface area contributed by atoms with Gasteiger partial charge in [-0.05, 0) is 41.9 Å². The molecule has 0 aliphatic carbocycles. The Morgan fingerprint density at radius 1 is 1.09 bits per heavy atom. The average Bonchev–Trinajstić information content (AvgIpc) is 3.34. The molecule has 0 spiro atoms. The van der Waals surface area contributed by atoms with Gasteiger partial charge in [0.1, 0.15) is 12.0 Å². The fourth-order valence-electron chi connectivity index (χ4n) is 3.18. The van der Waals surface area contributed by atoms with Crippen LogP contribution in [0.1, 0.15) is 11.1 Å². The minimum absolute atomic E-state index is 0.0375. The molecule has 11 nitrogen and oxygen atoms in total. The molecular formula is C23H23N5O6. The molecular weight excluding hydrogens is 442 g/mol. The van der Waals surface area contributed by atoms with E-state index in [-0.39, 0.29) is 18.7 Å². The molecule has 34 heavy (non-hydrogen) atoms. The zero-order valence-corrected chi connectivity index (χ0v) is 18.3. The summed E-state index contributed by atoms with van der Waals surface area (Å²) in [5.41, 5.74) is 0.978. The largest absolute Gasteiger partial charge is 0.436 e. The summed E-state index contributed by atoms with van der Waals surface area (Å²) in [5.74, 6) is 0.806. The van der Waals surface area contributed by atoms with Gasteiger partial charge in [-0.1, -0.05) is 29.8 Å². The highest BCUT2D eigenvalue weighted by molar-refractivity contribution is 5.41. The molecule has 0 unspecified atom stereocenters. The summed E-state index contributed by atoms with van der Waals surface area (Å²) in [4.78, 5) is 32.8. The van der Waals surface area contributed by atoms with Crippen LogP contribution in [0, 0.1) is 6.92 Å². The number of hydrogen-bond donors (Lipinski definition) is 3. The second-order valence-electron chi connectivity index (χ2n) is 7.60. The lowest BCUT2D eigenvalue weighted by molar-refractivity contribution is 0.0783. The zero-order chi connectivity index (χ0) is 24.1. The Bertz CT molecular complexity index is 1420. The normalized spacial score (nSPS) is 12.6. The van der Waals surface area contributed by atoms with Gasteiger partial charge in [0, 0.05) is 6.07 Å². The minimum atomic E-state index is -1.26. The van der Waals surface area contributed by atoms with Crippen LogP contribution in [0.2, 0.25) is 0 Å². The number of ether oxygens (including phenoxy) is 1. The van der Waals surface area contributed by atoms with E-state index < -0.39 is 24.1 Å². The van der Waals surface area contributed by atoms with E-state index in [0.717, 1.165) is 15.7 Å². The number of aryl methyl sites for hydroxylation is 1. The maximum absolute atomic E-state index is 13.2. The lowest BCUT2D eigenvalue weighted by Gasteiger charge is -2.13. The van der Waals surface area contributed by atoms with E-state index in [0.29, 0.717) is 17.3 Å². The third-order valence-electron chi connectivity index (χ3n) is 4.96. The zero-order valence-electron chi connectivity index (χ0n) is 18.3. The molecule has 2 heterocycles. The molecule has 0 fully saturated rings. The number of aliphatic hydroxyl groups excluding tert-OH is 2. The van der Waals surface area contributed by atoms with Crippen molar-refractivity contribution in [1.29, 1.82) is 0 Å². The summed E-state index contributed by atoms with van der Waals surface area (Å²) in [6.45, 7) is 1.15. The summed E-state index contributed by atoms with van der Waals surface area (Å²) >= 11 is 0. The number of aliphatic hydroxyl groups is 2. The van der Waals surface area contributed by atoms with Crippen molar-refractivity contribution < 1.29 is 19.5 Å². The van der Waals surface area contributed by atoms with Crippen LogP contribution in [-0.2, 0) is 13.1 Å². The molecule has 0 saturated heterocycles. The molecule has 0 amide bonds. The summed E-state index contributed by atoms with van der Waals surface area (Å²) in [5, 5.41) is 22.6. The first kappa shape index (κ1) is 23.0. The Labute approximate surface area is 192 Å². The average molecular weight is 465 g/mol. The van der Waals surface area contributed by atoms with Crippen molar-refractivity contribution >= 4 is 5.69 Å². The maximum Gasteiger partial charge on any atom is 0.335 e. The van der Waals surface area contributed by atoms with Crippen molar-refractivity contribution in [3.63, 3.8) is 0 Å². The van der Waals surface area contributed by atoms with E-state index in [4.69, 9.17) is 14.4 Å². The molecule has 1 atom stereocenters. The van der Waals surface area contributed by atoms with Crippen molar-refractivity contribution in [1.82, 2.24) is 19.3 Å². The molecule has 0 radical (unpaired) electrons. The molecule has 0 saturated carbocycles. The third-order valence-corrected chi connectivity index (χ3v) is 4.96. The molecule has 0 aliphatic heterocycles. The van der Waals surface area contributed by atoms with Gasteiger partial charge in [-0.3, -0.25) is 9.55 Å². The van der Waals surface area contributed by atoms with Crippen molar-refractivity contribution in [2.75, 3.05) is 6.61 Å². The molecule has 0 bridgehead atoms. The molecule has 176 valence electrons. The van der Waals surface area contributed by atoms with E-state index in [1.807, 2.05) is 31.2 Å². The van der Waals surface area contributed by atoms with Crippen molar-refractivity contribution in [2.24, 2.45) is 4.99 Å². The number of nitrogens with one attached hydrogen (secondary N) is 1. The minimum Gasteiger partial charge on any atom is -0.436 e. The lowest BCUT2D eigenvalue weighted by atomic mass is 10.1. The van der Waals surface area contributed by atoms with Crippen LogP contribution in [-0.4, -0.2) is 42.2 Å². The van der Waals surface area contributed by atoms with Crippen LogP contribution in [0.15, 0.2) is 80.0 Å². The number of benzene rings is 2. The summed E-state index contributed by atoms with van der Waals surface area (Å²) in [6.07, 6.45) is 0.135. The van der Waals surface area contributed by atoms with Gasteiger partial charge < -0.3 is 19.5 Å². The first-order valence-corrected chi connectivity index (χ1v) is 10.4. The van der Waals surface area contributed by atoms with Crippen molar-refractivity contribution in [3.05, 3.63) is 98.6 Å². The van der Waals surface area contributed by atoms with Gasteiger partial charge in [0.2, 0.25) is 5.62 Å². The molecule has 11 heteroatoms. The topological polar surface area (TPSA) is 148 Å². The summed E-state index contributed by atoms with van der Waals surface area (Å²) in [6, 6.07) is 15.8. The Kier molecular flexibility index (Phi) is 6.85. The van der Waals surface area contributed by atoms with Gasteiger partial charge in [-0.15, -0.1) is 0 Å². The quantitative estimate of drug-likeness (QED) is 0.352. The van der Waals surface area contributed by atoms with Crippen molar-refractivity contribution in [2.45, 2.75) is 26.1 Å². The van der Waals surface area contributed by atoms with Gasteiger partial charge in [-0.25, -0.2) is 19.1 Å². The van der Waals surface area contributed by atoms with Crippen LogP contribution in [0.3, 0.4) is 0 Å². The maximum atomic E-state index is 13.2. The SMILES string of the molecule is Cc1ccc(Cn2c(=O)n(C[C@H](O)CO)c(=O)[nH]/c2=N\c2ccc(Oc3ccon3)cc2)cc1. The van der Waals surface area contributed by atoms with Gasteiger partial charge in [0.25, 0.3) is 5.88 Å². The van der Waals surface area contributed by atoms with Crippen LogP contribution in [0.4, 0.5) is 5.69 Å². The molecule has 0 aliphatic rings. The molecule has 2 aromatic carbocycles. The first-order valence-electron chi connectivity index (χ1n) is 10.4. The number of rotatable bonds is 8. The summed E-state index contributed by atoms with van der Waals surface area (Å²) < 4.78 is 12.4. The fourth-order valence-corrected chi connectivity index (χ4v) is 3.18. The molecule has 3 N–H and O–H groups in total. The first-order chi connectivity index (χ1) is 16.4. The van der Waals surface area contributed by atoms with E-state index in [9.17, 15) is 14.7 Å². The lowest BCUT2D eigenvalue weighted by Crippen LogP contribution is -2.51. The van der Waals surface area contributed by atoms with Gasteiger partial charge >= 0.3 is 11.4 Å². The fraction of sp³-hybridized carbons (Fsp3) is 0.217. The highest BCUT2D eigenvalue weighted by Crippen LogP contribution is 2.22. The molecule has 4 rings (SSSR count). The van der Waals surface area contributed by atoms with E-state index in [1.54, 1.807) is 30.3 Å². The number of H-pyrrole nitrogens is 1. The predicted molar refractivity (Wildman–Crippen MR) is 121 cm³/mol. The Balaban J connectivity index is 1.75. The Morgan fingerprint density at radius 2 is 1.82 bits per heavy atom. The van der Waals surface area contributed by atoms with Gasteiger partial charge in [-0.2, -0.15) is 0 Å². The highest BCUT2D eigenvalue weighted by atomic mass is 16.5. The Morgan fingerprint density at radius 3 is 2.47 bits per heavy atom. The second kappa shape index (κ2) is 10.1. The monoisotopic (exact) mass is 465 g/mol. The second-order valence-corrected chi connectivity index (χ2v) is 7.60. The third kappa shape index (κ3) is 5.39. The van der Waals surface area contributed by atoms with Crippen LogP contribution >= 0.6 is 0 Å². The van der Waals surface area contributed by atoms with E-state index >= 15 is 0 Å². The highest BCUT2D eigenvalue weighted by Gasteiger charge is 2.13. The number of nitrogens with zero attached hydrogens (tertiary/aromatic N) is 4. The number of hydrogen-bond acceptors (Lipinski definition) is 8. The number of aromatic amines is 1. The summed E-state index contributed by atoms with van der Waals surface area (Å²) in [7, 11) is 0. The predicted octanol–water partition coefficient (Wildman–Crippen LogP) is 1.06. The van der Waals surface area contributed by atoms with Gasteiger partial charge in [0.05, 0.1) is 31.5 Å². The van der Waals surface area contributed by atoms with Crippen LogP contribution in [0.25, 0.3) is 0 Å². The van der Waals surface area contributed by atoms with Crippen LogP contribution < -0.4 is 21.7 Å². The van der Waals surface area contributed by atoms with Crippen LogP contribution in [0.5, 0.6) is 11.6 Å². The Hall–Kier alpha value is -4.22. The van der Waals surface area contributed by atoms with E-state index in [2.05, 4.69) is 15.1 Å². The molecule has 2 aromatic heterocycles. The van der Waals surface area contributed by atoms with Gasteiger partial charge in [0.15, 0.2) is 0 Å². The van der Waals surface area contributed by atoms with Crippen molar-refractivity contribution in [3.8, 4) is 11.6 Å². The standard InChI is InChI=1S/C23H23N5O6/c1-15-2-4-16(5-3-15)12-27-21(25-22(31)28(23(27)32)13-18(30)14-29)24-17-6-8-19(9-7-17)34-20-10-11-33-26-20/h2-11,18,29-30H,12-14H2,1H3,(H,24,25,31)/t18-/m0/s1. The smallest absolute Gasteiger partial charge is 0.335 e. The van der Waals surface area contributed by atoms with E-state index in [1.165, 1.54) is 10.8 Å². The molecule has 4 aromatic rings. The number of aromatic nitrogens is 4.